The number of fused-ring (bicyclic) bond motifs is 2. The zero-order chi connectivity index (χ0) is 20.9. The maximum atomic E-state index is 13.9. The van der Waals surface area contributed by atoms with E-state index < -0.39 is 0 Å². The van der Waals surface area contributed by atoms with Crippen LogP contribution < -0.4 is 0 Å². The van der Waals surface area contributed by atoms with E-state index in [1.165, 1.54) is 37.3 Å². The van der Waals surface area contributed by atoms with Gasteiger partial charge in [0.2, 0.25) is 0 Å². The van der Waals surface area contributed by atoms with Crippen molar-refractivity contribution >= 4 is 33.5 Å². The molecule has 5 heteroatoms. The Hall–Kier alpha value is -2.46. The highest BCUT2D eigenvalue weighted by atomic mass is 35.5. The van der Waals surface area contributed by atoms with E-state index in [-0.39, 0.29) is 5.82 Å². The summed E-state index contributed by atoms with van der Waals surface area (Å²) in [4.78, 5) is 13.0. The van der Waals surface area contributed by atoms with E-state index in [9.17, 15) is 4.39 Å². The molecule has 2 aliphatic rings. The quantitative estimate of drug-likeness (QED) is 0.365. The van der Waals surface area contributed by atoms with Crippen molar-refractivity contribution in [3.63, 3.8) is 0 Å². The number of aromatic nitrogens is 3. The molecule has 1 N–H and O–H groups in total. The topological polar surface area (TPSA) is 41.6 Å². The number of nitrogens with one attached hydrogen (secondary N) is 1. The predicted octanol–water partition coefficient (Wildman–Crippen LogP) is 7.37. The van der Waals surface area contributed by atoms with Crippen molar-refractivity contribution in [3.8, 4) is 0 Å². The molecule has 4 aromatic rings. The van der Waals surface area contributed by atoms with Gasteiger partial charge < -0.3 is 4.98 Å². The summed E-state index contributed by atoms with van der Waals surface area (Å²) in [5.74, 6) is 3.31. The van der Waals surface area contributed by atoms with E-state index in [1.807, 2.05) is 24.4 Å². The van der Waals surface area contributed by atoms with Gasteiger partial charge in [0.05, 0.1) is 16.6 Å². The molecule has 2 saturated carbocycles. The number of halogens is 2. The molecule has 0 bridgehead atoms. The SMILES string of the molecule is Fc1ccc2nccc(C3CCC([C@H](c4nc5ccc(Cl)cc5[nH]4)C4CC4)CC3)c2c1. The maximum absolute atomic E-state index is 13.9. The van der Waals surface area contributed by atoms with Crippen LogP contribution >= 0.6 is 11.6 Å². The second-order valence-electron chi connectivity index (χ2n) is 9.32. The van der Waals surface area contributed by atoms with E-state index in [0.29, 0.717) is 17.8 Å². The first-order chi connectivity index (χ1) is 15.2. The van der Waals surface area contributed by atoms with Crippen molar-refractivity contribution in [1.29, 1.82) is 0 Å². The van der Waals surface area contributed by atoms with Gasteiger partial charge in [0.25, 0.3) is 0 Å². The number of hydrogen-bond acceptors (Lipinski definition) is 2. The van der Waals surface area contributed by atoms with Gasteiger partial charge >= 0.3 is 0 Å². The lowest BCUT2D eigenvalue weighted by Gasteiger charge is -2.34. The molecule has 0 amide bonds. The molecule has 2 aromatic heterocycles. The minimum Gasteiger partial charge on any atom is -0.342 e. The third-order valence-corrected chi connectivity index (χ3v) is 7.60. The number of H-pyrrole nitrogens is 1. The number of rotatable bonds is 4. The number of pyridine rings is 1. The molecular formula is C26H25ClFN3. The molecule has 31 heavy (non-hydrogen) atoms. The highest BCUT2D eigenvalue weighted by Gasteiger charge is 2.41. The van der Waals surface area contributed by atoms with Gasteiger partial charge in [-0.15, -0.1) is 0 Å². The number of nitrogens with zero attached hydrogens (tertiary/aromatic N) is 2. The first-order valence-corrected chi connectivity index (χ1v) is 11.7. The molecule has 0 radical (unpaired) electrons. The Morgan fingerprint density at radius 3 is 2.42 bits per heavy atom. The molecule has 6 rings (SSSR count). The van der Waals surface area contributed by atoms with Gasteiger partial charge in [-0.1, -0.05) is 11.6 Å². The third-order valence-electron chi connectivity index (χ3n) is 7.36. The molecule has 2 fully saturated rings. The zero-order valence-electron chi connectivity index (χ0n) is 17.3. The van der Waals surface area contributed by atoms with Gasteiger partial charge in [0.1, 0.15) is 11.6 Å². The molecule has 2 aromatic carbocycles. The lowest BCUT2D eigenvalue weighted by molar-refractivity contribution is 0.259. The lowest BCUT2D eigenvalue weighted by atomic mass is 9.72. The minimum absolute atomic E-state index is 0.186. The average molecular weight is 434 g/mol. The van der Waals surface area contributed by atoms with Crippen molar-refractivity contribution < 1.29 is 4.39 Å². The fourth-order valence-electron chi connectivity index (χ4n) is 5.73. The van der Waals surface area contributed by atoms with Crippen molar-refractivity contribution in [1.82, 2.24) is 15.0 Å². The molecule has 2 heterocycles. The highest BCUT2D eigenvalue weighted by Crippen LogP contribution is 2.51. The normalized spacial score (nSPS) is 22.8. The van der Waals surface area contributed by atoms with Gasteiger partial charge in [-0.3, -0.25) is 4.98 Å². The van der Waals surface area contributed by atoms with E-state index in [2.05, 4.69) is 16.0 Å². The Labute approximate surface area is 186 Å². The van der Waals surface area contributed by atoms with Crippen LogP contribution in [-0.2, 0) is 0 Å². The molecule has 3 nitrogen and oxygen atoms in total. The fraction of sp³-hybridized carbons (Fsp3) is 0.385. The first kappa shape index (κ1) is 19.2. The number of hydrogen-bond donors (Lipinski definition) is 1. The molecule has 158 valence electrons. The lowest BCUT2D eigenvalue weighted by Crippen LogP contribution is -2.22. The van der Waals surface area contributed by atoms with Crippen LogP contribution in [0, 0.1) is 17.7 Å². The van der Waals surface area contributed by atoms with Crippen LogP contribution in [0.4, 0.5) is 4.39 Å². The second-order valence-corrected chi connectivity index (χ2v) is 9.76. The van der Waals surface area contributed by atoms with E-state index in [4.69, 9.17) is 16.6 Å². The van der Waals surface area contributed by atoms with Crippen LogP contribution in [0.2, 0.25) is 5.02 Å². The summed E-state index contributed by atoms with van der Waals surface area (Å²) in [6, 6.07) is 12.9. The van der Waals surface area contributed by atoms with Crippen LogP contribution in [-0.4, -0.2) is 15.0 Å². The second kappa shape index (κ2) is 7.59. The molecule has 0 spiro atoms. The average Bonchev–Trinajstić information content (AvgIpc) is 3.52. The van der Waals surface area contributed by atoms with Gasteiger partial charge in [-0.25, -0.2) is 9.37 Å². The smallest absolute Gasteiger partial charge is 0.123 e. The minimum atomic E-state index is -0.186. The molecule has 2 aliphatic carbocycles. The van der Waals surface area contributed by atoms with Crippen LogP contribution in [0.25, 0.3) is 21.9 Å². The van der Waals surface area contributed by atoms with Crippen molar-refractivity contribution in [2.75, 3.05) is 0 Å². The first-order valence-electron chi connectivity index (χ1n) is 11.3. The van der Waals surface area contributed by atoms with Gasteiger partial charge in [-0.05, 0) is 104 Å². The standard InChI is InChI=1S/C26H25ClFN3/c27-18-7-9-23-24(13-18)31-26(30-23)25(17-5-6-17)16-3-1-15(2-4-16)20-11-12-29-22-10-8-19(28)14-21(20)22/h7-17,25H,1-6H2,(H,30,31)/t15?,16?,25-/m0/s1. The van der Waals surface area contributed by atoms with Crippen LogP contribution in [0.5, 0.6) is 0 Å². The molecule has 0 unspecified atom stereocenters. The Morgan fingerprint density at radius 2 is 1.65 bits per heavy atom. The maximum Gasteiger partial charge on any atom is 0.123 e. The van der Waals surface area contributed by atoms with E-state index in [0.717, 1.165) is 51.5 Å². The van der Waals surface area contributed by atoms with Crippen molar-refractivity contribution in [2.24, 2.45) is 11.8 Å². The summed E-state index contributed by atoms with van der Waals surface area (Å²) in [7, 11) is 0. The van der Waals surface area contributed by atoms with Crippen LogP contribution in [0.1, 0.15) is 61.7 Å². The summed E-state index contributed by atoms with van der Waals surface area (Å²) in [5.41, 5.74) is 4.18. The molecule has 0 saturated heterocycles. The summed E-state index contributed by atoms with van der Waals surface area (Å²) in [6.07, 6.45) is 9.11. The van der Waals surface area contributed by atoms with Gasteiger partial charge in [0, 0.05) is 22.5 Å². The van der Waals surface area contributed by atoms with Crippen molar-refractivity contribution in [3.05, 3.63) is 70.9 Å². The Kier molecular flexibility index (Phi) is 4.71. The van der Waals surface area contributed by atoms with Crippen LogP contribution in [0.15, 0.2) is 48.7 Å². The molecule has 1 atom stereocenters. The summed E-state index contributed by atoms with van der Waals surface area (Å²) in [5, 5.41) is 1.71. The molecular weight excluding hydrogens is 409 g/mol. The summed E-state index contributed by atoms with van der Waals surface area (Å²) < 4.78 is 13.9. The van der Waals surface area contributed by atoms with Gasteiger partial charge in [-0.2, -0.15) is 0 Å². The van der Waals surface area contributed by atoms with Crippen LogP contribution in [0.3, 0.4) is 0 Å². The van der Waals surface area contributed by atoms with E-state index in [1.54, 1.807) is 12.1 Å². The largest absolute Gasteiger partial charge is 0.342 e. The zero-order valence-corrected chi connectivity index (χ0v) is 18.1. The van der Waals surface area contributed by atoms with Crippen molar-refractivity contribution in [2.45, 2.75) is 50.4 Å². The number of imidazole rings is 1. The Balaban J connectivity index is 1.25. The Bertz CT molecular complexity index is 1250. The summed E-state index contributed by atoms with van der Waals surface area (Å²) >= 11 is 6.18. The van der Waals surface area contributed by atoms with Gasteiger partial charge in [0.15, 0.2) is 0 Å². The predicted molar refractivity (Wildman–Crippen MR) is 123 cm³/mol. The number of benzene rings is 2. The Morgan fingerprint density at radius 1 is 0.903 bits per heavy atom. The molecule has 0 aliphatic heterocycles. The summed E-state index contributed by atoms with van der Waals surface area (Å²) in [6.45, 7) is 0. The fourth-order valence-corrected chi connectivity index (χ4v) is 5.90. The van der Waals surface area contributed by atoms with E-state index >= 15 is 0 Å². The monoisotopic (exact) mass is 433 g/mol. The highest BCUT2D eigenvalue weighted by molar-refractivity contribution is 6.31. The third kappa shape index (κ3) is 3.61. The number of aromatic amines is 1.